The summed E-state index contributed by atoms with van der Waals surface area (Å²) < 4.78 is 0. The van der Waals surface area contributed by atoms with Gasteiger partial charge >= 0.3 is 23.9 Å². The third-order valence-electron chi connectivity index (χ3n) is 3.05. The summed E-state index contributed by atoms with van der Waals surface area (Å²) in [5, 5.41) is 35.8. The van der Waals surface area contributed by atoms with E-state index in [2.05, 4.69) is 5.32 Å². The molecule has 0 aromatic carbocycles. The van der Waals surface area contributed by atoms with Gasteiger partial charge in [-0.05, 0) is 18.8 Å². The van der Waals surface area contributed by atoms with Gasteiger partial charge in [-0.3, -0.25) is 19.2 Å². The summed E-state index contributed by atoms with van der Waals surface area (Å²) in [7, 11) is 0. The van der Waals surface area contributed by atoms with Crippen LogP contribution in [0.4, 0.5) is 0 Å². The Balaban J connectivity index is 0. The van der Waals surface area contributed by atoms with E-state index in [1.807, 2.05) is 13.8 Å². The zero-order chi connectivity index (χ0) is 21.7. The highest BCUT2D eigenvalue weighted by Gasteiger charge is 2.22. The molecule has 0 aromatic heterocycles. The molecule has 156 valence electrons. The lowest BCUT2D eigenvalue weighted by Crippen LogP contribution is -2.42. The zero-order valence-corrected chi connectivity index (χ0v) is 15.1. The number of carboxylic acids is 4. The number of aliphatic carboxylic acids is 4. The predicted molar refractivity (Wildman–Crippen MR) is 91.7 cm³/mol. The molecule has 3 unspecified atom stereocenters. The predicted octanol–water partition coefficient (Wildman–Crippen LogP) is -1.33. The maximum Gasteiger partial charge on any atom is 0.326 e. The molecule has 0 fully saturated rings. The molecule has 0 aliphatic carbocycles. The molecule has 1 amide bonds. The molecule has 0 aliphatic rings. The van der Waals surface area contributed by atoms with Gasteiger partial charge < -0.3 is 37.2 Å². The third-order valence-corrected chi connectivity index (χ3v) is 3.05. The number of amides is 1. The lowest BCUT2D eigenvalue weighted by Gasteiger charge is -2.16. The summed E-state index contributed by atoms with van der Waals surface area (Å²) in [5.41, 5.74) is 10.1. The highest BCUT2D eigenvalue weighted by Crippen LogP contribution is 2.06. The van der Waals surface area contributed by atoms with Crippen LogP contribution in [0, 0.1) is 5.92 Å². The molecule has 0 aromatic rings. The Hall–Kier alpha value is -2.73. The summed E-state index contributed by atoms with van der Waals surface area (Å²) in [6, 6.07) is -3.34. The Bertz CT molecular complexity index is 537. The quantitative estimate of drug-likeness (QED) is 0.217. The van der Waals surface area contributed by atoms with Crippen LogP contribution in [-0.2, 0) is 24.0 Å². The van der Waals surface area contributed by atoms with Gasteiger partial charge in [0.15, 0.2) is 0 Å². The fourth-order valence-corrected chi connectivity index (χ4v) is 1.64. The average Bonchev–Trinajstić information content (AvgIpc) is 2.51. The van der Waals surface area contributed by atoms with Crippen molar-refractivity contribution >= 4 is 29.8 Å². The normalized spacial score (nSPS) is 13.5. The van der Waals surface area contributed by atoms with Gasteiger partial charge in [-0.15, -0.1) is 0 Å². The van der Waals surface area contributed by atoms with Gasteiger partial charge in [-0.25, -0.2) is 4.79 Å². The lowest BCUT2D eigenvalue weighted by atomic mass is 10.0. The molecule has 0 saturated carbocycles. The zero-order valence-electron chi connectivity index (χ0n) is 15.1. The number of carbonyl (C=O) groups is 5. The number of carbonyl (C=O) groups excluding carboxylic acids is 1. The van der Waals surface area contributed by atoms with E-state index in [1.54, 1.807) is 0 Å². The minimum atomic E-state index is -1.29. The van der Waals surface area contributed by atoms with E-state index < -0.39 is 54.3 Å². The van der Waals surface area contributed by atoms with Crippen LogP contribution >= 0.6 is 0 Å². The van der Waals surface area contributed by atoms with Crippen molar-refractivity contribution in [2.24, 2.45) is 17.4 Å². The van der Waals surface area contributed by atoms with Crippen LogP contribution in [-0.4, -0.2) is 68.3 Å². The van der Waals surface area contributed by atoms with Crippen LogP contribution in [0.3, 0.4) is 0 Å². The third kappa shape index (κ3) is 15.3. The number of nitrogens with two attached hydrogens (primary N) is 2. The largest absolute Gasteiger partial charge is 0.481 e. The summed E-state index contributed by atoms with van der Waals surface area (Å²) in [4.78, 5) is 52.4. The average molecular weight is 393 g/mol. The molecular weight excluding hydrogens is 366 g/mol. The first-order valence-electron chi connectivity index (χ1n) is 7.98. The fraction of sp³-hybridized carbons (Fsp3) is 0.667. The number of hydrogen-bond acceptors (Lipinski definition) is 7. The molecule has 0 spiro atoms. The van der Waals surface area contributed by atoms with E-state index in [0.29, 0.717) is 6.42 Å². The van der Waals surface area contributed by atoms with Crippen molar-refractivity contribution in [3.8, 4) is 0 Å². The van der Waals surface area contributed by atoms with Crippen LogP contribution in [0.25, 0.3) is 0 Å². The molecule has 9 N–H and O–H groups in total. The highest BCUT2D eigenvalue weighted by molar-refractivity contribution is 5.84. The highest BCUT2D eigenvalue weighted by atomic mass is 16.4. The van der Waals surface area contributed by atoms with Crippen LogP contribution in [0.15, 0.2) is 0 Å². The number of carboxylic acid groups (broad SMARTS) is 4. The summed E-state index contributed by atoms with van der Waals surface area (Å²) in [5.74, 6) is -5.14. The molecule has 12 nitrogen and oxygen atoms in total. The van der Waals surface area contributed by atoms with Crippen LogP contribution in [0.2, 0.25) is 0 Å². The summed E-state index contributed by atoms with van der Waals surface area (Å²) in [6.07, 6.45) is -0.327. The van der Waals surface area contributed by atoms with E-state index in [0.717, 1.165) is 0 Å². The van der Waals surface area contributed by atoms with Crippen molar-refractivity contribution in [2.45, 2.75) is 57.7 Å². The van der Waals surface area contributed by atoms with Gasteiger partial charge in [-0.1, -0.05) is 13.8 Å². The molecule has 0 radical (unpaired) electrons. The van der Waals surface area contributed by atoms with Crippen molar-refractivity contribution < 1.29 is 44.4 Å². The molecule has 3 atom stereocenters. The SMILES string of the molecule is CC(C)CC(NC(=O)CCC(N)C(=O)O)C(=O)O.NC(CC(=O)O)C(=O)O. The van der Waals surface area contributed by atoms with Crippen molar-refractivity contribution in [1.29, 1.82) is 0 Å². The van der Waals surface area contributed by atoms with Gasteiger partial charge in [0.25, 0.3) is 0 Å². The van der Waals surface area contributed by atoms with Crippen LogP contribution < -0.4 is 16.8 Å². The van der Waals surface area contributed by atoms with Crippen LogP contribution in [0.5, 0.6) is 0 Å². The van der Waals surface area contributed by atoms with Gasteiger partial charge in [0, 0.05) is 6.42 Å². The summed E-state index contributed by atoms with van der Waals surface area (Å²) >= 11 is 0. The maximum atomic E-state index is 11.4. The molecular formula is C15H27N3O9. The number of hydrogen-bond donors (Lipinski definition) is 7. The Kier molecular flexibility index (Phi) is 13.2. The van der Waals surface area contributed by atoms with Crippen molar-refractivity contribution in [1.82, 2.24) is 5.32 Å². The number of nitrogens with one attached hydrogen (secondary N) is 1. The van der Waals surface area contributed by atoms with Crippen molar-refractivity contribution in [3.63, 3.8) is 0 Å². The van der Waals surface area contributed by atoms with E-state index in [4.69, 9.17) is 31.9 Å². The first-order chi connectivity index (χ1) is 12.3. The van der Waals surface area contributed by atoms with E-state index >= 15 is 0 Å². The van der Waals surface area contributed by atoms with Gasteiger partial charge in [0.2, 0.25) is 5.91 Å². The van der Waals surface area contributed by atoms with E-state index in [9.17, 15) is 24.0 Å². The van der Waals surface area contributed by atoms with E-state index in [1.165, 1.54) is 0 Å². The molecule has 27 heavy (non-hydrogen) atoms. The van der Waals surface area contributed by atoms with Gasteiger partial charge in [0.1, 0.15) is 18.1 Å². The van der Waals surface area contributed by atoms with Gasteiger partial charge in [0.05, 0.1) is 6.42 Å². The van der Waals surface area contributed by atoms with Gasteiger partial charge in [-0.2, -0.15) is 0 Å². The first-order valence-corrected chi connectivity index (χ1v) is 7.98. The minimum absolute atomic E-state index is 0.0187. The smallest absolute Gasteiger partial charge is 0.326 e. The minimum Gasteiger partial charge on any atom is -0.481 e. The number of rotatable bonds is 11. The topological polar surface area (TPSA) is 230 Å². The Morgan fingerprint density at radius 2 is 1.33 bits per heavy atom. The lowest BCUT2D eigenvalue weighted by molar-refractivity contribution is -0.144. The Morgan fingerprint density at radius 3 is 1.63 bits per heavy atom. The van der Waals surface area contributed by atoms with Crippen molar-refractivity contribution in [3.05, 3.63) is 0 Å². The molecule has 0 bridgehead atoms. The maximum absolute atomic E-state index is 11.4. The molecule has 0 aliphatic heterocycles. The second kappa shape index (κ2) is 13.5. The monoisotopic (exact) mass is 393 g/mol. The Labute approximate surface area is 155 Å². The second-order valence-electron chi connectivity index (χ2n) is 6.11. The Morgan fingerprint density at radius 1 is 0.852 bits per heavy atom. The van der Waals surface area contributed by atoms with E-state index in [-0.39, 0.29) is 18.8 Å². The second-order valence-corrected chi connectivity index (χ2v) is 6.11. The van der Waals surface area contributed by atoms with Crippen LogP contribution in [0.1, 0.15) is 39.5 Å². The first kappa shape index (κ1) is 26.5. The molecule has 0 heterocycles. The standard InChI is InChI=1S/C11H20N2O5.C4H7NO4/c1-6(2)5-8(11(17)18)13-9(14)4-3-7(12)10(15)16;5-2(4(8)9)1-3(6)7/h6-8H,3-5,12H2,1-2H3,(H,13,14)(H,15,16)(H,17,18);2H,1,5H2,(H,6,7)(H,8,9). The molecule has 12 heteroatoms. The molecule has 0 saturated heterocycles. The molecule has 0 rings (SSSR count). The van der Waals surface area contributed by atoms with Crippen molar-refractivity contribution in [2.75, 3.05) is 0 Å². The fourth-order valence-electron chi connectivity index (χ4n) is 1.64. The summed E-state index contributed by atoms with van der Waals surface area (Å²) in [6.45, 7) is 3.70.